The van der Waals surface area contributed by atoms with Gasteiger partial charge in [-0.1, -0.05) is 42.5 Å². The van der Waals surface area contributed by atoms with Crippen LogP contribution < -0.4 is 10.1 Å². The SMILES string of the molecule is COC(=O)c1ccc(COc2ccc3c(c2)CN(C(=O)OC(C)(C)C)C(C(=O)N[C@@H]2CCCc4ccccc42)C3)cc1. The van der Waals surface area contributed by atoms with Crippen LogP contribution in [0.2, 0.25) is 0 Å². The molecule has 42 heavy (non-hydrogen) atoms. The lowest BCUT2D eigenvalue weighted by molar-refractivity contribution is -0.128. The second kappa shape index (κ2) is 12.3. The summed E-state index contributed by atoms with van der Waals surface area (Å²) in [6.45, 7) is 6.00. The molecule has 0 spiro atoms. The minimum atomic E-state index is -0.699. The average Bonchev–Trinajstić information content (AvgIpc) is 2.98. The van der Waals surface area contributed by atoms with Crippen LogP contribution in [0.1, 0.15) is 77.8 Å². The van der Waals surface area contributed by atoms with Gasteiger partial charge >= 0.3 is 12.1 Å². The fraction of sp³-hybridized carbons (Fsp3) is 0.382. The Morgan fingerprint density at radius 3 is 2.45 bits per heavy atom. The molecule has 8 nitrogen and oxygen atoms in total. The van der Waals surface area contributed by atoms with Gasteiger partial charge in [-0.2, -0.15) is 0 Å². The zero-order valence-electron chi connectivity index (χ0n) is 24.6. The summed E-state index contributed by atoms with van der Waals surface area (Å²) >= 11 is 0. The Kier molecular flexibility index (Phi) is 8.52. The summed E-state index contributed by atoms with van der Waals surface area (Å²) in [6.07, 6.45) is 2.74. The molecule has 5 rings (SSSR count). The first-order valence-corrected chi connectivity index (χ1v) is 14.4. The predicted molar refractivity (Wildman–Crippen MR) is 158 cm³/mol. The van der Waals surface area contributed by atoms with Crippen molar-refractivity contribution in [2.75, 3.05) is 7.11 Å². The number of hydrogen-bond acceptors (Lipinski definition) is 6. The van der Waals surface area contributed by atoms with Crippen LogP contribution in [0.5, 0.6) is 5.75 Å². The Balaban J connectivity index is 1.33. The maximum absolute atomic E-state index is 13.8. The van der Waals surface area contributed by atoms with E-state index in [1.165, 1.54) is 17.6 Å². The van der Waals surface area contributed by atoms with E-state index >= 15 is 0 Å². The molecule has 8 heteroatoms. The van der Waals surface area contributed by atoms with Gasteiger partial charge in [-0.25, -0.2) is 9.59 Å². The molecule has 0 fully saturated rings. The Bertz CT molecular complexity index is 1460. The normalized spacial score (nSPS) is 17.9. The summed E-state index contributed by atoms with van der Waals surface area (Å²) in [4.78, 5) is 40.4. The van der Waals surface area contributed by atoms with Crippen molar-refractivity contribution in [1.29, 1.82) is 0 Å². The number of rotatable bonds is 6. The standard InChI is InChI=1S/C34H38N2O6/c1-34(2,3)42-33(39)36-20-26-18-27(41-21-22-12-14-24(15-13-22)32(38)40-4)17-16-25(26)19-30(36)31(37)35-29-11-7-9-23-8-5-6-10-28(23)29/h5-6,8,10,12-18,29-30H,7,9,11,19-21H2,1-4H3,(H,35,37)/t29-,30?/m1/s1. The van der Waals surface area contributed by atoms with Crippen LogP contribution in [0.25, 0.3) is 0 Å². The van der Waals surface area contributed by atoms with Crippen molar-refractivity contribution in [3.8, 4) is 5.75 Å². The van der Waals surface area contributed by atoms with E-state index in [4.69, 9.17) is 14.2 Å². The van der Waals surface area contributed by atoms with Gasteiger partial charge in [0.25, 0.3) is 0 Å². The average molecular weight is 571 g/mol. The maximum Gasteiger partial charge on any atom is 0.411 e. The maximum atomic E-state index is 13.8. The van der Waals surface area contributed by atoms with E-state index in [2.05, 4.69) is 17.4 Å². The van der Waals surface area contributed by atoms with Crippen LogP contribution in [-0.2, 0) is 40.3 Å². The third kappa shape index (κ3) is 6.75. The molecule has 0 radical (unpaired) electrons. The van der Waals surface area contributed by atoms with Gasteiger partial charge in [0.15, 0.2) is 0 Å². The van der Waals surface area contributed by atoms with Crippen LogP contribution in [0.3, 0.4) is 0 Å². The molecule has 220 valence electrons. The molecule has 3 aromatic carbocycles. The van der Waals surface area contributed by atoms with Gasteiger partial charge in [0.05, 0.1) is 25.3 Å². The lowest BCUT2D eigenvalue weighted by Crippen LogP contribution is -2.54. The fourth-order valence-corrected chi connectivity index (χ4v) is 5.59. The second-order valence-corrected chi connectivity index (χ2v) is 11.9. The van der Waals surface area contributed by atoms with Crippen LogP contribution in [0.4, 0.5) is 4.79 Å². The first-order chi connectivity index (χ1) is 20.1. The lowest BCUT2D eigenvalue weighted by atomic mass is 9.87. The molecule has 1 heterocycles. The van der Waals surface area contributed by atoms with Gasteiger partial charge in [-0.05, 0) is 92.1 Å². The molecule has 0 saturated carbocycles. The van der Waals surface area contributed by atoms with Crippen molar-refractivity contribution >= 4 is 18.0 Å². The number of ether oxygens (including phenoxy) is 3. The molecular weight excluding hydrogens is 532 g/mol. The van der Waals surface area contributed by atoms with E-state index < -0.39 is 17.7 Å². The lowest BCUT2D eigenvalue weighted by Gasteiger charge is -2.38. The molecule has 0 aromatic heterocycles. The molecule has 2 atom stereocenters. The highest BCUT2D eigenvalue weighted by Gasteiger charge is 2.38. The van der Waals surface area contributed by atoms with Gasteiger partial charge in [-0.3, -0.25) is 9.69 Å². The zero-order valence-corrected chi connectivity index (χ0v) is 24.6. The Hall–Kier alpha value is -4.33. The monoisotopic (exact) mass is 570 g/mol. The fourth-order valence-electron chi connectivity index (χ4n) is 5.59. The topological polar surface area (TPSA) is 94.2 Å². The smallest absolute Gasteiger partial charge is 0.411 e. The summed E-state index contributed by atoms with van der Waals surface area (Å²) in [7, 11) is 1.35. The van der Waals surface area contributed by atoms with Crippen molar-refractivity contribution in [2.24, 2.45) is 0 Å². The molecule has 1 aliphatic heterocycles. The number of fused-ring (bicyclic) bond motifs is 2. The third-order valence-electron chi connectivity index (χ3n) is 7.71. The Morgan fingerprint density at radius 2 is 1.71 bits per heavy atom. The Morgan fingerprint density at radius 1 is 0.952 bits per heavy atom. The van der Waals surface area contributed by atoms with Gasteiger partial charge in [0.1, 0.15) is 24.0 Å². The van der Waals surface area contributed by atoms with Crippen LogP contribution in [0.15, 0.2) is 66.7 Å². The summed E-state index contributed by atoms with van der Waals surface area (Å²) < 4.78 is 16.5. The highest BCUT2D eigenvalue weighted by molar-refractivity contribution is 5.89. The first kappa shape index (κ1) is 29.2. The largest absolute Gasteiger partial charge is 0.489 e. The van der Waals surface area contributed by atoms with E-state index in [1.807, 2.05) is 63.2 Å². The summed E-state index contributed by atoms with van der Waals surface area (Å²) in [6, 6.07) is 20.3. The first-order valence-electron chi connectivity index (χ1n) is 14.4. The quantitative estimate of drug-likeness (QED) is 0.371. The van der Waals surface area contributed by atoms with E-state index in [-0.39, 0.29) is 24.5 Å². The molecule has 0 saturated heterocycles. The number of amides is 2. The van der Waals surface area contributed by atoms with Crippen molar-refractivity contribution in [1.82, 2.24) is 10.2 Å². The number of benzene rings is 3. The van der Waals surface area contributed by atoms with Crippen molar-refractivity contribution < 1.29 is 28.6 Å². The summed E-state index contributed by atoms with van der Waals surface area (Å²) in [5.41, 5.74) is 4.99. The van der Waals surface area contributed by atoms with Crippen molar-refractivity contribution in [2.45, 2.75) is 77.3 Å². The summed E-state index contributed by atoms with van der Waals surface area (Å²) in [5.74, 6) is 0.0860. The zero-order chi connectivity index (χ0) is 29.9. The van der Waals surface area contributed by atoms with Gasteiger partial charge in [0.2, 0.25) is 5.91 Å². The molecule has 1 N–H and O–H groups in total. The number of carbonyl (C=O) groups is 3. The third-order valence-corrected chi connectivity index (χ3v) is 7.71. The number of hydrogen-bond donors (Lipinski definition) is 1. The number of aryl methyl sites for hydroxylation is 1. The van der Waals surface area contributed by atoms with Crippen LogP contribution >= 0.6 is 0 Å². The van der Waals surface area contributed by atoms with Gasteiger partial charge in [0, 0.05) is 6.42 Å². The number of methoxy groups -OCH3 is 1. The number of esters is 1. The van der Waals surface area contributed by atoms with E-state index in [9.17, 15) is 14.4 Å². The van der Waals surface area contributed by atoms with Crippen molar-refractivity contribution in [3.63, 3.8) is 0 Å². The second-order valence-electron chi connectivity index (χ2n) is 11.9. The number of nitrogens with zero attached hydrogens (tertiary/aromatic N) is 1. The van der Waals surface area contributed by atoms with Gasteiger partial charge < -0.3 is 19.5 Å². The molecule has 2 amide bonds. The number of nitrogens with one attached hydrogen (secondary N) is 1. The van der Waals surface area contributed by atoms with E-state index in [1.54, 1.807) is 12.1 Å². The Labute approximate surface area is 247 Å². The number of carbonyl (C=O) groups excluding carboxylic acids is 3. The molecule has 0 bridgehead atoms. The molecule has 1 aliphatic carbocycles. The minimum Gasteiger partial charge on any atom is -0.489 e. The minimum absolute atomic E-state index is 0.0817. The van der Waals surface area contributed by atoms with Crippen LogP contribution in [0, 0.1) is 0 Å². The van der Waals surface area contributed by atoms with Gasteiger partial charge in [-0.15, -0.1) is 0 Å². The molecular formula is C34H38N2O6. The van der Waals surface area contributed by atoms with Crippen molar-refractivity contribution in [3.05, 3.63) is 100 Å². The summed E-state index contributed by atoms with van der Waals surface area (Å²) in [5, 5.41) is 3.25. The highest BCUT2D eigenvalue weighted by atomic mass is 16.6. The van der Waals surface area contributed by atoms with Crippen LogP contribution in [-0.4, -0.2) is 41.6 Å². The van der Waals surface area contributed by atoms with E-state index in [0.717, 1.165) is 41.5 Å². The van der Waals surface area contributed by atoms with E-state index in [0.29, 0.717) is 24.3 Å². The molecule has 1 unspecified atom stereocenters. The molecule has 2 aliphatic rings. The molecule has 3 aromatic rings. The predicted octanol–water partition coefficient (Wildman–Crippen LogP) is 5.91. The highest BCUT2D eigenvalue weighted by Crippen LogP contribution is 2.32.